The number of halogens is 3. The minimum Gasteiger partial charge on any atom is -0.370 e. The average molecular weight is 497 g/mol. The minimum absolute atomic E-state index is 0.00955. The highest BCUT2D eigenvalue weighted by Gasteiger charge is 2.29. The zero-order chi connectivity index (χ0) is 23.8. The molecular weight excluding hydrogens is 473 g/mol. The SMILES string of the molecule is Cc1cc(S(=O)(=O)Nc2cscn2)c(F)cc1N(C)C1CCN(Cc2cccc(F)c2F)C1. The lowest BCUT2D eigenvalue weighted by Crippen LogP contribution is -2.35. The summed E-state index contributed by atoms with van der Waals surface area (Å²) in [5.41, 5.74) is 2.95. The Morgan fingerprint density at radius 2 is 2.03 bits per heavy atom. The van der Waals surface area contributed by atoms with Gasteiger partial charge >= 0.3 is 0 Å². The average Bonchev–Trinajstić information content (AvgIpc) is 3.44. The van der Waals surface area contributed by atoms with Crippen LogP contribution >= 0.6 is 11.3 Å². The van der Waals surface area contributed by atoms with E-state index in [-0.39, 0.29) is 18.4 Å². The number of sulfonamides is 1. The number of nitrogens with one attached hydrogen (secondary N) is 1. The summed E-state index contributed by atoms with van der Waals surface area (Å²) >= 11 is 1.22. The molecule has 33 heavy (non-hydrogen) atoms. The van der Waals surface area contributed by atoms with Gasteiger partial charge in [0, 0.05) is 49.4 Å². The number of thiazole rings is 1. The topological polar surface area (TPSA) is 65.5 Å². The second-order valence-electron chi connectivity index (χ2n) is 8.05. The first-order valence-corrected chi connectivity index (χ1v) is 12.7. The Morgan fingerprint density at radius 1 is 1.24 bits per heavy atom. The number of likely N-dealkylation sites (tertiary alicyclic amines) is 1. The van der Waals surface area contributed by atoms with E-state index in [2.05, 4.69) is 9.71 Å². The highest BCUT2D eigenvalue weighted by atomic mass is 32.2. The fraction of sp³-hybridized carbons (Fsp3) is 0.318. The molecule has 1 aliphatic rings. The van der Waals surface area contributed by atoms with Gasteiger partial charge in [0.05, 0.1) is 5.51 Å². The van der Waals surface area contributed by atoms with E-state index in [1.54, 1.807) is 13.0 Å². The first kappa shape index (κ1) is 23.5. The van der Waals surface area contributed by atoms with Crippen LogP contribution in [-0.2, 0) is 16.6 Å². The molecular formula is C22H23F3N4O2S2. The van der Waals surface area contributed by atoms with Gasteiger partial charge in [-0.25, -0.2) is 26.6 Å². The Morgan fingerprint density at radius 3 is 2.76 bits per heavy atom. The van der Waals surface area contributed by atoms with E-state index in [4.69, 9.17) is 0 Å². The van der Waals surface area contributed by atoms with Gasteiger partial charge in [0.2, 0.25) is 0 Å². The Labute approximate surface area is 194 Å². The summed E-state index contributed by atoms with van der Waals surface area (Å²) in [5, 5.41) is 1.52. The van der Waals surface area contributed by atoms with Crippen molar-refractivity contribution in [3.63, 3.8) is 0 Å². The molecule has 1 saturated heterocycles. The molecule has 1 aromatic heterocycles. The van der Waals surface area contributed by atoms with Gasteiger partial charge in [-0.1, -0.05) is 12.1 Å². The first-order chi connectivity index (χ1) is 15.7. The molecule has 3 aromatic rings. The highest BCUT2D eigenvalue weighted by molar-refractivity contribution is 7.92. The summed E-state index contributed by atoms with van der Waals surface area (Å²) in [6, 6.07) is 6.68. The van der Waals surface area contributed by atoms with Crippen molar-refractivity contribution in [1.82, 2.24) is 9.88 Å². The molecule has 6 nitrogen and oxygen atoms in total. The van der Waals surface area contributed by atoms with Crippen LogP contribution in [0, 0.1) is 24.4 Å². The van der Waals surface area contributed by atoms with Gasteiger partial charge in [-0.2, -0.15) is 0 Å². The third kappa shape index (κ3) is 4.99. The number of aromatic nitrogens is 1. The van der Waals surface area contributed by atoms with E-state index in [1.807, 2.05) is 16.8 Å². The third-order valence-corrected chi connectivity index (χ3v) is 7.77. The van der Waals surface area contributed by atoms with E-state index in [0.29, 0.717) is 29.9 Å². The van der Waals surface area contributed by atoms with Gasteiger partial charge in [0.15, 0.2) is 17.5 Å². The second kappa shape index (κ2) is 9.32. The number of aryl methyl sites for hydroxylation is 1. The number of likely N-dealkylation sites (N-methyl/N-ethyl adjacent to an activating group) is 1. The van der Waals surface area contributed by atoms with Gasteiger partial charge in [-0.3, -0.25) is 9.62 Å². The normalized spacial score (nSPS) is 16.8. The molecule has 2 aromatic carbocycles. The van der Waals surface area contributed by atoms with Crippen molar-refractivity contribution in [1.29, 1.82) is 0 Å². The molecule has 176 valence electrons. The largest absolute Gasteiger partial charge is 0.370 e. The lowest BCUT2D eigenvalue weighted by molar-refractivity contribution is 0.317. The molecule has 2 heterocycles. The summed E-state index contributed by atoms with van der Waals surface area (Å²) < 4.78 is 69.9. The summed E-state index contributed by atoms with van der Waals surface area (Å²) in [7, 11) is -2.30. The summed E-state index contributed by atoms with van der Waals surface area (Å²) in [5.74, 6) is -2.43. The molecule has 1 fully saturated rings. The van der Waals surface area contributed by atoms with Crippen LogP contribution in [0.25, 0.3) is 0 Å². The van der Waals surface area contributed by atoms with E-state index < -0.39 is 32.4 Å². The molecule has 4 rings (SSSR count). The zero-order valence-corrected chi connectivity index (χ0v) is 19.7. The van der Waals surface area contributed by atoms with Gasteiger partial charge in [-0.15, -0.1) is 11.3 Å². The molecule has 1 unspecified atom stereocenters. The number of anilines is 2. The molecule has 11 heteroatoms. The Bertz CT molecular complexity index is 1250. The van der Waals surface area contributed by atoms with E-state index in [1.165, 1.54) is 40.4 Å². The Kier molecular flexibility index (Phi) is 6.64. The van der Waals surface area contributed by atoms with Crippen LogP contribution in [0.1, 0.15) is 17.5 Å². The summed E-state index contributed by atoms with van der Waals surface area (Å²) in [4.78, 5) is 7.35. The smallest absolute Gasteiger partial charge is 0.266 e. The third-order valence-electron chi connectivity index (χ3n) is 5.81. The van der Waals surface area contributed by atoms with E-state index in [0.717, 1.165) is 12.5 Å². The molecule has 1 aliphatic heterocycles. The standard InChI is InChI=1S/C22H23F3N4O2S2/c1-14-8-20(33(30,31)27-21-12-32-13-26-21)18(24)9-19(14)28(2)16-6-7-29(11-16)10-15-4-3-5-17(23)22(15)25/h3-5,8-9,12-13,16,27H,6-7,10-11H2,1-2H3. The monoisotopic (exact) mass is 496 g/mol. The van der Waals surface area contributed by atoms with Gasteiger partial charge < -0.3 is 4.90 Å². The molecule has 0 saturated carbocycles. The van der Waals surface area contributed by atoms with Crippen molar-refractivity contribution in [3.8, 4) is 0 Å². The van der Waals surface area contributed by atoms with Crippen LogP contribution in [0.3, 0.4) is 0 Å². The molecule has 1 atom stereocenters. The van der Waals surface area contributed by atoms with Crippen LogP contribution in [-0.4, -0.2) is 44.5 Å². The van der Waals surface area contributed by atoms with Crippen molar-refractivity contribution in [2.45, 2.75) is 30.8 Å². The fourth-order valence-corrected chi connectivity index (χ4v) is 5.77. The summed E-state index contributed by atoms with van der Waals surface area (Å²) in [6.45, 7) is 3.26. The van der Waals surface area contributed by atoms with Crippen LogP contribution < -0.4 is 9.62 Å². The maximum absolute atomic E-state index is 14.9. The quantitative estimate of drug-likeness (QED) is 0.526. The van der Waals surface area contributed by atoms with Crippen LogP contribution in [0.4, 0.5) is 24.7 Å². The number of rotatable bonds is 7. The molecule has 0 bridgehead atoms. The van der Waals surface area contributed by atoms with Crippen LogP contribution in [0.2, 0.25) is 0 Å². The fourth-order valence-electron chi connectivity index (χ4n) is 4.07. The lowest BCUT2D eigenvalue weighted by atomic mass is 10.1. The zero-order valence-electron chi connectivity index (χ0n) is 18.1. The predicted molar refractivity (Wildman–Crippen MR) is 123 cm³/mol. The molecule has 0 spiro atoms. The van der Waals surface area contributed by atoms with Crippen molar-refractivity contribution < 1.29 is 21.6 Å². The molecule has 0 aliphatic carbocycles. The Hall–Kier alpha value is -2.63. The van der Waals surface area contributed by atoms with Gasteiger partial charge in [0.25, 0.3) is 10.0 Å². The predicted octanol–water partition coefficient (Wildman–Crippen LogP) is 4.38. The van der Waals surface area contributed by atoms with Crippen LogP contribution in [0.15, 0.2) is 46.1 Å². The van der Waals surface area contributed by atoms with Crippen molar-refractivity contribution in [2.24, 2.45) is 0 Å². The minimum atomic E-state index is -4.12. The Balaban J connectivity index is 1.49. The van der Waals surface area contributed by atoms with E-state index >= 15 is 0 Å². The molecule has 1 N–H and O–H groups in total. The summed E-state index contributed by atoms with van der Waals surface area (Å²) in [6.07, 6.45) is 0.750. The second-order valence-corrected chi connectivity index (χ2v) is 10.4. The number of benzene rings is 2. The van der Waals surface area contributed by atoms with Crippen molar-refractivity contribution >= 4 is 32.9 Å². The molecule has 0 radical (unpaired) electrons. The number of hydrogen-bond acceptors (Lipinski definition) is 6. The van der Waals surface area contributed by atoms with Crippen molar-refractivity contribution in [2.75, 3.05) is 29.8 Å². The van der Waals surface area contributed by atoms with E-state index in [9.17, 15) is 21.6 Å². The van der Waals surface area contributed by atoms with Gasteiger partial charge in [-0.05, 0) is 37.1 Å². The number of hydrogen-bond donors (Lipinski definition) is 1. The maximum Gasteiger partial charge on any atom is 0.266 e. The lowest BCUT2D eigenvalue weighted by Gasteiger charge is -2.29. The van der Waals surface area contributed by atoms with Gasteiger partial charge in [0.1, 0.15) is 10.7 Å². The highest BCUT2D eigenvalue weighted by Crippen LogP contribution is 2.30. The van der Waals surface area contributed by atoms with Crippen LogP contribution in [0.5, 0.6) is 0 Å². The molecule has 0 amide bonds. The van der Waals surface area contributed by atoms with Crippen molar-refractivity contribution in [3.05, 3.63) is 69.8 Å². The number of nitrogens with zero attached hydrogens (tertiary/aromatic N) is 3. The maximum atomic E-state index is 14.9. The first-order valence-electron chi connectivity index (χ1n) is 10.2.